The third-order valence-corrected chi connectivity index (χ3v) is 8.04. The summed E-state index contributed by atoms with van der Waals surface area (Å²) < 4.78 is 41.8. The van der Waals surface area contributed by atoms with Crippen molar-refractivity contribution >= 4 is 49.4 Å². The van der Waals surface area contributed by atoms with Gasteiger partial charge in [-0.1, -0.05) is 11.6 Å². The molecule has 11 heteroatoms. The van der Waals surface area contributed by atoms with E-state index >= 15 is 0 Å². The predicted molar refractivity (Wildman–Crippen MR) is 120 cm³/mol. The van der Waals surface area contributed by atoms with Crippen LogP contribution in [0.4, 0.5) is 21.6 Å². The second-order valence-corrected chi connectivity index (χ2v) is 10.6. The van der Waals surface area contributed by atoms with Crippen molar-refractivity contribution in [3.8, 4) is 5.75 Å². The molecular weight excluding hydrogens is 459 g/mol. The van der Waals surface area contributed by atoms with E-state index < -0.39 is 27.8 Å². The van der Waals surface area contributed by atoms with Gasteiger partial charge in [0.25, 0.3) is 0 Å². The summed E-state index contributed by atoms with van der Waals surface area (Å²) in [5, 5.41) is 14.0. The Kier molecular flexibility index (Phi) is 5.62. The van der Waals surface area contributed by atoms with Crippen LogP contribution in [0.5, 0.6) is 5.75 Å². The molecule has 5 rings (SSSR count). The van der Waals surface area contributed by atoms with E-state index in [1.807, 2.05) is 0 Å². The maximum absolute atomic E-state index is 13.9. The second-order valence-electron chi connectivity index (χ2n) is 7.70. The number of hydrogen-bond donors (Lipinski definition) is 2. The number of nitrogens with zero attached hydrogens (tertiary/aromatic N) is 3. The van der Waals surface area contributed by atoms with Crippen LogP contribution >= 0.6 is 11.6 Å². The third-order valence-electron chi connectivity index (χ3n) is 5.35. The molecule has 2 fully saturated rings. The van der Waals surface area contributed by atoms with Crippen LogP contribution in [-0.2, 0) is 14.5 Å². The van der Waals surface area contributed by atoms with Crippen LogP contribution in [-0.4, -0.2) is 56.2 Å². The molecule has 0 amide bonds. The monoisotopic (exact) mass is 478 g/mol. The molecule has 2 aromatic carbocycles. The van der Waals surface area contributed by atoms with Crippen molar-refractivity contribution < 1.29 is 23.2 Å². The van der Waals surface area contributed by atoms with Gasteiger partial charge in [-0.2, -0.15) is 4.36 Å². The van der Waals surface area contributed by atoms with E-state index in [4.69, 9.17) is 21.1 Å². The number of benzene rings is 2. The molecule has 3 heterocycles. The minimum atomic E-state index is -2.19. The van der Waals surface area contributed by atoms with Gasteiger partial charge in [0.1, 0.15) is 29.8 Å². The van der Waals surface area contributed by atoms with Crippen molar-refractivity contribution in [2.24, 2.45) is 4.36 Å². The number of rotatable bonds is 5. The summed E-state index contributed by atoms with van der Waals surface area (Å²) in [6.07, 6.45) is 0.865. The lowest BCUT2D eigenvalue weighted by molar-refractivity contribution is 0.0736. The molecule has 0 aliphatic carbocycles. The molecular formula is C21H20ClFN4O4S. The highest BCUT2D eigenvalue weighted by Crippen LogP contribution is 2.37. The minimum absolute atomic E-state index is 0.161. The summed E-state index contributed by atoms with van der Waals surface area (Å²) in [5.41, 5.74) is 1.48. The van der Waals surface area contributed by atoms with Gasteiger partial charge in [-0.3, -0.25) is 0 Å². The van der Waals surface area contributed by atoms with E-state index in [9.17, 15) is 13.7 Å². The number of aliphatic hydroxyl groups is 1. The Morgan fingerprint density at radius 2 is 2.09 bits per heavy atom. The number of hydrogen-bond acceptors (Lipinski definition) is 8. The molecule has 0 radical (unpaired) electrons. The highest BCUT2D eigenvalue weighted by Gasteiger charge is 2.29. The Morgan fingerprint density at radius 1 is 1.25 bits per heavy atom. The zero-order valence-corrected chi connectivity index (χ0v) is 18.4. The normalized spacial score (nSPS) is 21.8. The topological polar surface area (TPSA) is 106 Å². The van der Waals surface area contributed by atoms with Crippen LogP contribution in [0.25, 0.3) is 10.9 Å². The maximum atomic E-state index is 13.9. The molecule has 0 spiro atoms. The average molecular weight is 479 g/mol. The zero-order chi connectivity index (χ0) is 22.3. The number of aromatic nitrogens is 2. The third kappa shape index (κ3) is 4.23. The van der Waals surface area contributed by atoms with E-state index in [2.05, 4.69) is 19.6 Å². The highest BCUT2D eigenvalue weighted by atomic mass is 35.5. The summed E-state index contributed by atoms with van der Waals surface area (Å²) in [6.45, 7) is 0.365. The molecule has 8 nitrogen and oxygen atoms in total. The van der Waals surface area contributed by atoms with Crippen LogP contribution in [0.1, 0.15) is 6.42 Å². The Morgan fingerprint density at radius 3 is 2.81 bits per heavy atom. The molecule has 2 aliphatic rings. The van der Waals surface area contributed by atoms with Crippen LogP contribution in [0.2, 0.25) is 5.02 Å². The summed E-state index contributed by atoms with van der Waals surface area (Å²) in [4.78, 5) is 8.57. The van der Waals surface area contributed by atoms with Crippen LogP contribution in [0.15, 0.2) is 41.0 Å². The Balaban J connectivity index is 1.51. The fourth-order valence-corrected chi connectivity index (χ4v) is 5.33. The van der Waals surface area contributed by atoms with Crippen molar-refractivity contribution in [3.05, 3.63) is 47.5 Å². The maximum Gasteiger partial charge on any atom is 0.150 e. The first-order valence-corrected chi connectivity index (χ1v) is 12.3. The Labute approximate surface area is 188 Å². The van der Waals surface area contributed by atoms with Crippen molar-refractivity contribution in [1.82, 2.24) is 9.97 Å². The van der Waals surface area contributed by atoms with Gasteiger partial charge in [-0.15, -0.1) is 0 Å². The molecule has 2 N–H and O–H groups in total. The van der Waals surface area contributed by atoms with Gasteiger partial charge in [-0.05, 0) is 30.7 Å². The Hall–Kier alpha value is -2.53. The number of aliphatic hydroxyl groups excluding tert-OH is 1. The SMILES string of the molecule is O=S1(=Nc2cc(Cl)c3c(Nc4ccc(F)cc4O[C@H]4COC[C@@H]4O)ncnc3c2)CCC1. The number of nitrogens with one attached hydrogen (secondary N) is 1. The fourth-order valence-electron chi connectivity index (χ4n) is 3.57. The summed E-state index contributed by atoms with van der Waals surface area (Å²) in [7, 11) is -2.19. The van der Waals surface area contributed by atoms with Crippen LogP contribution < -0.4 is 10.1 Å². The predicted octanol–water partition coefficient (Wildman–Crippen LogP) is 3.81. The van der Waals surface area contributed by atoms with Crippen molar-refractivity contribution in [2.45, 2.75) is 18.6 Å². The van der Waals surface area contributed by atoms with E-state index in [-0.39, 0.29) is 19.0 Å². The average Bonchev–Trinajstić information content (AvgIpc) is 3.13. The molecule has 3 aromatic rings. The van der Waals surface area contributed by atoms with Crippen LogP contribution in [0, 0.1) is 5.82 Å². The van der Waals surface area contributed by atoms with Crippen LogP contribution in [0.3, 0.4) is 0 Å². The highest BCUT2D eigenvalue weighted by molar-refractivity contribution is 7.95. The first kappa shape index (κ1) is 21.3. The molecule has 0 bridgehead atoms. The summed E-state index contributed by atoms with van der Waals surface area (Å²) >= 11 is 6.53. The van der Waals surface area contributed by atoms with E-state index in [0.29, 0.717) is 44.6 Å². The number of anilines is 2. The molecule has 32 heavy (non-hydrogen) atoms. The number of fused-ring (bicyclic) bond motifs is 1. The molecule has 0 saturated carbocycles. The first-order chi connectivity index (χ1) is 15.4. The van der Waals surface area contributed by atoms with Crippen molar-refractivity contribution in [3.63, 3.8) is 0 Å². The summed E-state index contributed by atoms with van der Waals surface area (Å²) in [6, 6.07) is 7.38. The van der Waals surface area contributed by atoms with E-state index in [0.717, 1.165) is 6.42 Å². The molecule has 2 atom stereocenters. The largest absolute Gasteiger partial charge is 0.483 e. The van der Waals surface area contributed by atoms with E-state index in [1.54, 1.807) is 12.1 Å². The lowest BCUT2D eigenvalue weighted by atomic mass is 10.2. The minimum Gasteiger partial charge on any atom is -0.483 e. The lowest BCUT2D eigenvalue weighted by Gasteiger charge is -2.19. The standard InChI is InChI=1S/C21H20ClFN4O4S/c22-14-7-13(27-32(29)4-1-5-32)8-16-20(14)21(25-11-24-16)26-15-3-2-12(23)6-18(15)31-19-10-30-9-17(19)28/h2-3,6-8,11,17,19,28H,1,4-5,9-10H2,(H,24,25,26)/t17-,19-/m0/s1. The van der Waals surface area contributed by atoms with Gasteiger partial charge >= 0.3 is 0 Å². The van der Waals surface area contributed by atoms with Gasteiger partial charge in [0.05, 0.1) is 50.2 Å². The van der Waals surface area contributed by atoms with E-state index in [1.165, 1.54) is 24.5 Å². The number of halogens is 2. The summed E-state index contributed by atoms with van der Waals surface area (Å²) in [5.74, 6) is 1.29. The van der Waals surface area contributed by atoms with Crippen molar-refractivity contribution in [2.75, 3.05) is 30.0 Å². The zero-order valence-electron chi connectivity index (χ0n) is 16.8. The molecule has 2 aliphatic heterocycles. The Bertz CT molecular complexity index is 1300. The first-order valence-electron chi connectivity index (χ1n) is 10.1. The molecule has 2 saturated heterocycles. The lowest BCUT2D eigenvalue weighted by Crippen LogP contribution is -2.30. The molecule has 1 aromatic heterocycles. The smallest absolute Gasteiger partial charge is 0.150 e. The van der Waals surface area contributed by atoms with Gasteiger partial charge in [-0.25, -0.2) is 18.6 Å². The van der Waals surface area contributed by atoms with Crippen molar-refractivity contribution in [1.29, 1.82) is 0 Å². The fraction of sp³-hybridized carbons (Fsp3) is 0.333. The van der Waals surface area contributed by atoms with Gasteiger partial charge in [0.2, 0.25) is 0 Å². The van der Waals surface area contributed by atoms with Gasteiger partial charge in [0.15, 0.2) is 6.10 Å². The quantitative estimate of drug-likeness (QED) is 0.574. The number of ether oxygens (including phenoxy) is 2. The molecule has 168 valence electrons. The van der Waals surface area contributed by atoms with Gasteiger partial charge < -0.3 is 19.9 Å². The second kappa shape index (κ2) is 8.43. The van der Waals surface area contributed by atoms with Gasteiger partial charge in [0, 0.05) is 17.6 Å². The molecule has 0 unspecified atom stereocenters.